The molecule has 0 aromatic rings. The smallest absolute Gasteiger partial charge is 0.220 e. The first-order chi connectivity index (χ1) is 13.7. The Labute approximate surface area is 195 Å². The summed E-state index contributed by atoms with van der Waals surface area (Å²) >= 11 is 0. The van der Waals surface area contributed by atoms with Gasteiger partial charge in [0.15, 0.2) is 5.96 Å². The van der Waals surface area contributed by atoms with E-state index in [1.807, 2.05) is 0 Å². The second-order valence-electron chi connectivity index (χ2n) is 8.03. The molecule has 2 heterocycles. The van der Waals surface area contributed by atoms with E-state index in [1.54, 1.807) is 7.05 Å². The zero-order valence-electron chi connectivity index (χ0n) is 18.8. The van der Waals surface area contributed by atoms with Crippen LogP contribution in [0.4, 0.5) is 0 Å². The molecule has 0 spiro atoms. The molecular weight excluding hydrogens is 479 g/mol. The molecule has 2 fully saturated rings. The summed E-state index contributed by atoms with van der Waals surface area (Å²) < 4.78 is 0. The number of likely N-dealkylation sites (N-methyl/N-ethyl adjacent to an activating group) is 1. The first-order valence-electron chi connectivity index (χ1n) is 11.3. The average molecular weight is 523 g/mol. The fourth-order valence-corrected chi connectivity index (χ4v) is 4.10. The fraction of sp³-hybridized carbons (Fsp3) is 0.905. The Morgan fingerprint density at radius 2 is 1.66 bits per heavy atom. The Hall–Kier alpha value is -0.610. The van der Waals surface area contributed by atoms with Gasteiger partial charge in [-0.05, 0) is 51.6 Å². The van der Waals surface area contributed by atoms with Gasteiger partial charge in [0.25, 0.3) is 0 Å². The summed E-state index contributed by atoms with van der Waals surface area (Å²) in [7, 11) is 1.72. The van der Waals surface area contributed by atoms with Gasteiger partial charge in [-0.15, -0.1) is 24.0 Å². The summed E-state index contributed by atoms with van der Waals surface area (Å²) in [5.74, 6) is 1.72. The van der Waals surface area contributed by atoms with Gasteiger partial charge in [0.1, 0.15) is 0 Å². The summed E-state index contributed by atoms with van der Waals surface area (Å²) in [6.45, 7) is 15.4. The number of aliphatic imine (C=N–C) groups is 1. The van der Waals surface area contributed by atoms with Crippen LogP contribution >= 0.6 is 24.0 Å². The van der Waals surface area contributed by atoms with Crippen molar-refractivity contribution in [3.63, 3.8) is 0 Å². The highest BCUT2D eigenvalue weighted by Crippen LogP contribution is 2.20. The van der Waals surface area contributed by atoms with Crippen LogP contribution in [0.3, 0.4) is 0 Å². The van der Waals surface area contributed by atoms with E-state index in [0.717, 1.165) is 51.4 Å². The number of rotatable bonds is 9. The van der Waals surface area contributed by atoms with Gasteiger partial charge in [-0.1, -0.05) is 6.92 Å². The molecule has 170 valence electrons. The zero-order valence-corrected chi connectivity index (χ0v) is 21.1. The Kier molecular flexibility index (Phi) is 13.9. The molecule has 0 aromatic carbocycles. The van der Waals surface area contributed by atoms with Crippen LogP contribution in [-0.2, 0) is 4.79 Å². The summed E-state index contributed by atoms with van der Waals surface area (Å²) in [6.07, 6.45) is 5.17. The third kappa shape index (κ3) is 9.83. The molecule has 0 radical (unpaired) electrons. The molecule has 0 aromatic heterocycles. The van der Waals surface area contributed by atoms with E-state index in [4.69, 9.17) is 4.99 Å². The molecule has 0 atom stereocenters. The van der Waals surface area contributed by atoms with E-state index in [9.17, 15) is 4.79 Å². The van der Waals surface area contributed by atoms with Gasteiger partial charge >= 0.3 is 0 Å². The fourth-order valence-electron chi connectivity index (χ4n) is 4.10. The van der Waals surface area contributed by atoms with Gasteiger partial charge in [-0.25, -0.2) is 0 Å². The lowest BCUT2D eigenvalue weighted by atomic mass is 9.93. The lowest BCUT2D eigenvalue weighted by Gasteiger charge is -2.34. The van der Waals surface area contributed by atoms with Gasteiger partial charge in [0.05, 0.1) is 0 Å². The van der Waals surface area contributed by atoms with Gasteiger partial charge in [0, 0.05) is 65.8 Å². The predicted molar refractivity (Wildman–Crippen MR) is 132 cm³/mol. The molecule has 0 aliphatic carbocycles. The Morgan fingerprint density at radius 1 is 1.00 bits per heavy atom. The Bertz CT molecular complexity index is 474. The molecule has 2 aliphatic rings. The highest BCUT2D eigenvalue weighted by molar-refractivity contribution is 14.0. The predicted octanol–water partition coefficient (Wildman–Crippen LogP) is 1.84. The quantitative estimate of drug-likeness (QED) is 0.210. The van der Waals surface area contributed by atoms with Crippen LogP contribution < -0.4 is 10.6 Å². The molecule has 1 amide bonds. The molecule has 8 heteroatoms. The number of guanidine groups is 1. The van der Waals surface area contributed by atoms with Gasteiger partial charge in [-0.2, -0.15) is 0 Å². The van der Waals surface area contributed by atoms with Crippen LogP contribution in [0, 0.1) is 5.92 Å². The largest absolute Gasteiger partial charge is 0.359 e. The molecule has 7 nitrogen and oxygen atoms in total. The van der Waals surface area contributed by atoms with E-state index in [1.165, 1.54) is 45.7 Å². The number of carbonyl (C=O) groups is 1. The van der Waals surface area contributed by atoms with Crippen LogP contribution in [-0.4, -0.2) is 99.1 Å². The van der Waals surface area contributed by atoms with Gasteiger partial charge in [0.2, 0.25) is 5.91 Å². The summed E-state index contributed by atoms with van der Waals surface area (Å²) in [5, 5.41) is 6.19. The van der Waals surface area contributed by atoms with Gasteiger partial charge < -0.3 is 25.3 Å². The number of carbonyl (C=O) groups excluding carboxylic acids is 1. The third-order valence-electron chi connectivity index (χ3n) is 6.06. The first-order valence-corrected chi connectivity index (χ1v) is 11.3. The minimum absolute atomic E-state index is 0. The highest BCUT2D eigenvalue weighted by Gasteiger charge is 2.23. The number of piperazine rings is 1. The van der Waals surface area contributed by atoms with E-state index in [0.29, 0.717) is 12.3 Å². The van der Waals surface area contributed by atoms with Crippen molar-refractivity contribution in [3.05, 3.63) is 0 Å². The topological polar surface area (TPSA) is 63.2 Å². The maximum atomic E-state index is 11.6. The molecule has 0 bridgehead atoms. The standard InChI is InChI=1S/C21H42N6O.HI/c1-4-23-21(27-12-8-19(9-13-27)18-20(28)22-3)24-10-6-7-11-26-16-14-25(5-2)15-17-26;/h19H,4-18H2,1-3H3,(H,22,28)(H,23,24);1H. The number of hydrogen-bond acceptors (Lipinski definition) is 4. The Morgan fingerprint density at radius 3 is 2.24 bits per heavy atom. The number of piperidine rings is 1. The first kappa shape index (κ1) is 26.4. The number of hydrogen-bond donors (Lipinski definition) is 2. The van der Waals surface area contributed by atoms with Crippen LogP contribution in [0.25, 0.3) is 0 Å². The van der Waals surface area contributed by atoms with Crippen molar-refractivity contribution in [2.75, 3.05) is 72.5 Å². The summed E-state index contributed by atoms with van der Waals surface area (Å²) in [6, 6.07) is 0. The molecular formula is C21H43IN6O. The van der Waals surface area contributed by atoms with Crippen molar-refractivity contribution < 1.29 is 4.79 Å². The van der Waals surface area contributed by atoms with Crippen LogP contribution in [0.5, 0.6) is 0 Å². The Balaban J connectivity index is 0.00000420. The van der Waals surface area contributed by atoms with Crippen molar-refractivity contribution in [2.24, 2.45) is 10.9 Å². The molecule has 2 saturated heterocycles. The van der Waals surface area contributed by atoms with E-state index in [2.05, 4.69) is 39.2 Å². The van der Waals surface area contributed by atoms with Crippen molar-refractivity contribution in [3.8, 4) is 0 Å². The minimum atomic E-state index is 0. The van der Waals surface area contributed by atoms with Crippen molar-refractivity contribution >= 4 is 35.8 Å². The number of nitrogens with one attached hydrogen (secondary N) is 2. The molecule has 29 heavy (non-hydrogen) atoms. The second kappa shape index (κ2) is 15.2. The van der Waals surface area contributed by atoms with Crippen LogP contribution in [0.2, 0.25) is 0 Å². The summed E-state index contributed by atoms with van der Waals surface area (Å²) in [4.78, 5) is 23.9. The zero-order chi connectivity index (χ0) is 20.2. The van der Waals surface area contributed by atoms with Crippen molar-refractivity contribution in [1.29, 1.82) is 0 Å². The molecule has 2 rings (SSSR count). The van der Waals surface area contributed by atoms with E-state index in [-0.39, 0.29) is 29.9 Å². The van der Waals surface area contributed by atoms with E-state index >= 15 is 0 Å². The number of unbranched alkanes of at least 4 members (excludes halogenated alkanes) is 1. The number of amides is 1. The van der Waals surface area contributed by atoms with Crippen LogP contribution in [0.15, 0.2) is 4.99 Å². The molecule has 0 unspecified atom stereocenters. The molecule has 2 aliphatic heterocycles. The number of halogens is 1. The van der Waals surface area contributed by atoms with E-state index < -0.39 is 0 Å². The lowest BCUT2D eigenvalue weighted by Crippen LogP contribution is -2.46. The normalized spacial score (nSPS) is 19.7. The lowest BCUT2D eigenvalue weighted by molar-refractivity contribution is -0.121. The monoisotopic (exact) mass is 522 g/mol. The van der Waals surface area contributed by atoms with Crippen LogP contribution in [0.1, 0.15) is 46.0 Å². The van der Waals surface area contributed by atoms with Gasteiger partial charge in [-0.3, -0.25) is 9.79 Å². The number of likely N-dealkylation sites (tertiary alicyclic amines) is 1. The third-order valence-corrected chi connectivity index (χ3v) is 6.06. The second-order valence-corrected chi connectivity index (χ2v) is 8.03. The summed E-state index contributed by atoms with van der Waals surface area (Å²) in [5.41, 5.74) is 0. The van der Waals surface area contributed by atoms with Crippen molar-refractivity contribution in [2.45, 2.75) is 46.0 Å². The number of nitrogens with zero attached hydrogens (tertiary/aromatic N) is 4. The molecule has 0 saturated carbocycles. The maximum Gasteiger partial charge on any atom is 0.220 e. The van der Waals surface area contributed by atoms with Crippen molar-refractivity contribution in [1.82, 2.24) is 25.3 Å². The maximum absolute atomic E-state index is 11.6. The minimum Gasteiger partial charge on any atom is -0.359 e. The average Bonchev–Trinajstić information content (AvgIpc) is 2.73. The highest BCUT2D eigenvalue weighted by atomic mass is 127. The SMILES string of the molecule is CCNC(=NCCCCN1CCN(CC)CC1)N1CCC(CC(=O)NC)CC1.I. The molecule has 2 N–H and O–H groups in total.